The number of amides is 1. The topological polar surface area (TPSA) is 65.8 Å². The maximum Gasteiger partial charge on any atom is 0.271 e. The second kappa shape index (κ2) is 5.07. The number of nitrogens with one attached hydrogen (secondary N) is 1. The highest BCUT2D eigenvalue weighted by Gasteiger charge is 2.24. The number of nitriles is 1. The van der Waals surface area contributed by atoms with Gasteiger partial charge in [0.05, 0.1) is 11.6 Å². The van der Waals surface area contributed by atoms with Gasteiger partial charge in [-0.15, -0.1) is 0 Å². The molecule has 1 N–H and O–H groups in total. The number of fused-ring (bicyclic) bond motifs is 1. The highest BCUT2D eigenvalue weighted by atomic mass is 16.2. The molecule has 1 atom stereocenters. The first kappa shape index (κ1) is 13.0. The molecule has 0 aliphatic rings. The fourth-order valence-corrected chi connectivity index (χ4v) is 1.70. The van der Waals surface area contributed by atoms with Crippen molar-refractivity contribution in [3.05, 3.63) is 42.1 Å². The van der Waals surface area contributed by atoms with Gasteiger partial charge >= 0.3 is 0 Å². The van der Waals surface area contributed by atoms with Crippen molar-refractivity contribution in [2.75, 3.05) is 0 Å². The molecule has 1 aromatic carbocycles. The predicted octanol–water partition coefficient (Wildman–Crippen LogP) is 2.66. The number of rotatable bonds is 3. The number of benzene rings is 1. The third kappa shape index (κ3) is 2.71. The largest absolute Gasteiger partial charge is 0.333 e. The monoisotopic (exact) mass is 253 g/mol. The van der Waals surface area contributed by atoms with E-state index >= 15 is 0 Å². The van der Waals surface area contributed by atoms with Crippen LogP contribution in [-0.2, 0) is 0 Å². The zero-order valence-electron chi connectivity index (χ0n) is 11.0. The lowest BCUT2D eigenvalue weighted by Gasteiger charge is -2.20. The van der Waals surface area contributed by atoms with Crippen molar-refractivity contribution >= 4 is 16.8 Å². The fraction of sp³-hybridized carbons (Fsp3) is 0.267. The SMILES string of the molecule is CC[C@@](C)(C#N)NC(=O)c1ccc2ccccc2n1. The third-order valence-electron chi connectivity index (χ3n) is 3.17. The maximum absolute atomic E-state index is 12.1. The van der Waals surface area contributed by atoms with Crippen molar-refractivity contribution in [2.45, 2.75) is 25.8 Å². The number of pyridine rings is 1. The number of hydrogen-bond acceptors (Lipinski definition) is 3. The van der Waals surface area contributed by atoms with Crippen LogP contribution in [0.1, 0.15) is 30.8 Å². The van der Waals surface area contributed by atoms with E-state index in [2.05, 4.69) is 16.4 Å². The number of carbonyl (C=O) groups is 1. The molecule has 0 bridgehead atoms. The fourth-order valence-electron chi connectivity index (χ4n) is 1.70. The van der Waals surface area contributed by atoms with Crippen LogP contribution < -0.4 is 5.32 Å². The summed E-state index contributed by atoms with van der Waals surface area (Å²) in [4.78, 5) is 16.4. The van der Waals surface area contributed by atoms with Gasteiger partial charge in [0.25, 0.3) is 5.91 Å². The molecule has 0 aliphatic carbocycles. The van der Waals surface area contributed by atoms with Crippen LogP contribution in [0.4, 0.5) is 0 Å². The van der Waals surface area contributed by atoms with Gasteiger partial charge in [-0.2, -0.15) is 5.26 Å². The normalized spacial score (nSPS) is 13.5. The van der Waals surface area contributed by atoms with Crippen LogP contribution in [0.3, 0.4) is 0 Å². The standard InChI is InChI=1S/C15H15N3O/c1-3-15(2,10-16)18-14(19)13-9-8-11-6-4-5-7-12(11)17-13/h4-9H,3H2,1-2H3,(H,18,19)/t15-/m0/s1. The van der Waals surface area contributed by atoms with Crippen LogP contribution in [0.15, 0.2) is 36.4 Å². The minimum absolute atomic E-state index is 0.323. The predicted molar refractivity (Wildman–Crippen MR) is 73.5 cm³/mol. The Labute approximate surface area is 112 Å². The van der Waals surface area contributed by atoms with E-state index in [1.54, 1.807) is 13.0 Å². The van der Waals surface area contributed by atoms with Crippen LogP contribution >= 0.6 is 0 Å². The van der Waals surface area contributed by atoms with Gasteiger partial charge in [0, 0.05) is 5.39 Å². The van der Waals surface area contributed by atoms with Crippen molar-refractivity contribution < 1.29 is 4.79 Å². The van der Waals surface area contributed by atoms with Crippen molar-refractivity contribution in [3.8, 4) is 6.07 Å². The van der Waals surface area contributed by atoms with Crippen molar-refractivity contribution in [2.24, 2.45) is 0 Å². The first-order valence-electron chi connectivity index (χ1n) is 6.17. The highest BCUT2D eigenvalue weighted by molar-refractivity contribution is 5.95. The molecule has 0 radical (unpaired) electrons. The Balaban J connectivity index is 2.30. The first-order valence-corrected chi connectivity index (χ1v) is 6.17. The van der Waals surface area contributed by atoms with E-state index in [4.69, 9.17) is 5.26 Å². The van der Waals surface area contributed by atoms with E-state index in [1.807, 2.05) is 37.3 Å². The smallest absolute Gasteiger partial charge is 0.271 e. The Kier molecular flexibility index (Phi) is 3.48. The van der Waals surface area contributed by atoms with Crippen molar-refractivity contribution in [1.82, 2.24) is 10.3 Å². The molecule has 0 saturated heterocycles. The minimum atomic E-state index is -0.857. The maximum atomic E-state index is 12.1. The third-order valence-corrected chi connectivity index (χ3v) is 3.17. The Hall–Kier alpha value is -2.41. The molecule has 19 heavy (non-hydrogen) atoms. The summed E-state index contributed by atoms with van der Waals surface area (Å²) in [6.07, 6.45) is 0.544. The van der Waals surface area contributed by atoms with Crippen LogP contribution in [0.2, 0.25) is 0 Å². The summed E-state index contributed by atoms with van der Waals surface area (Å²) in [5.41, 5.74) is 0.239. The molecule has 0 saturated carbocycles. The molecule has 2 aromatic rings. The van der Waals surface area contributed by atoms with Gasteiger partial charge in [0.1, 0.15) is 11.2 Å². The van der Waals surface area contributed by atoms with Crippen molar-refractivity contribution in [3.63, 3.8) is 0 Å². The minimum Gasteiger partial charge on any atom is -0.333 e. The lowest BCUT2D eigenvalue weighted by molar-refractivity contribution is 0.0918. The average Bonchev–Trinajstić information content (AvgIpc) is 2.46. The molecular formula is C15H15N3O. The summed E-state index contributed by atoms with van der Waals surface area (Å²) >= 11 is 0. The van der Waals surface area contributed by atoms with Crippen LogP contribution in [0.25, 0.3) is 10.9 Å². The first-order chi connectivity index (χ1) is 9.08. The Bertz CT molecular complexity index is 660. The van der Waals surface area contributed by atoms with Crippen LogP contribution in [0.5, 0.6) is 0 Å². The van der Waals surface area contributed by atoms with E-state index in [0.29, 0.717) is 12.1 Å². The number of hydrogen-bond donors (Lipinski definition) is 1. The lowest BCUT2D eigenvalue weighted by atomic mass is 10.0. The zero-order valence-corrected chi connectivity index (χ0v) is 11.0. The summed E-state index contributed by atoms with van der Waals surface area (Å²) < 4.78 is 0. The Morgan fingerprint density at radius 3 is 2.79 bits per heavy atom. The van der Waals surface area contributed by atoms with E-state index in [-0.39, 0.29) is 5.91 Å². The lowest BCUT2D eigenvalue weighted by Crippen LogP contribution is -2.44. The molecule has 0 spiro atoms. The van der Waals surface area contributed by atoms with Gasteiger partial charge in [0.2, 0.25) is 0 Å². The van der Waals surface area contributed by atoms with Gasteiger partial charge in [-0.3, -0.25) is 4.79 Å². The van der Waals surface area contributed by atoms with Crippen LogP contribution in [0, 0.1) is 11.3 Å². The number of nitrogens with zero attached hydrogens (tertiary/aromatic N) is 2. The molecule has 0 fully saturated rings. The summed E-state index contributed by atoms with van der Waals surface area (Å²) in [5.74, 6) is -0.323. The molecule has 0 unspecified atom stereocenters. The van der Waals surface area contributed by atoms with Crippen LogP contribution in [-0.4, -0.2) is 16.4 Å². The quantitative estimate of drug-likeness (QED) is 0.914. The molecule has 1 heterocycles. The average molecular weight is 253 g/mol. The van der Waals surface area contributed by atoms with E-state index in [9.17, 15) is 4.79 Å². The number of aromatic nitrogens is 1. The van der Waals surface area contributed by atoms with Gasteiger partial charge in [-0.1, -0.05) is 31.2 Å². The highest BCUT2D eigenvalue weighted by Crippen LogP contribution is 2.13. The summed E-state index contributed by atoms with van der Waals surface area (Å²) in [6, 6.07) is 13.2. The van der Waals surface area contributed by atoms with E-state index < -0.39 is 5.54 Å². The molecule has 0 aliphatic heterocycles. The molecule has 1 aromatic heterocycles. The Morgan fingerprint density at radius 1 is 1.37 bits per heavy atom. The molecule has 96 valence electrons. The van der Waals surface area contributed by atoms with E-state index in [1.165, 1.54) is 0 Å². The van der Waals surface area contributed by atoms with Gasteiger partial charge in [0.15, 0.2) is 0 Å². The summed E-state index contributed by atoms with van der Waals surface area (Å²) in [6.45, 7) is 3.56. The van der Waals surface area contributed by atoms with Gasteiger partial charge in [-0.05, 0) is 25.5 Å². The summed E-state index contributed by atoms with van der Waals surface area (Å²) in [5, 5.41) is 12.8. The number of para-hydroxylation sites is 1. The molecular weight excluding hydrogens is 238 g/mol. The second-order valence-corrected chi connectivity index (χ2v) is 4.64. The zero-order chi connectivity index (χ0) is 13.9. The Morgan fingerprint density at radius 2 is 2.11 bits per heavy atom. The second-order valence-electron chi connectivity index (χ2n) is 4.64. The van der Waals surface area contributed by atoms with Crippen molar-refractivity contribution in [1.29, 1.82) is 5.26 Å². The molecule has 4 nitrogen and oxygen atoms in total. The number of carbonyl (C=O) groups excluding carboxylic acids is 1. The van der Waals surface area contributed by atoms with Gasteiger partial charge in [-0.25, -0.2) is 4.98 Å². The van der Waals surface area contributed by atoms with E-state index in [0.717, 1.165) is 10.9 Å². The molecule has 4 heteroatoms. The molecule has 2 rings (SSSR count). The molecule has 1 amide bonds. The van der Waals surface area contributed by atoms with Gasteiger partial charge < -0.3 is 5.32 Å². The summed E-state index contributed by atoms with van der Waals surface area (Å²) in [7, 11) is 0.